The van der Waals surface area contributed by atoms with Crippen molar-refractivity contribution in [2.24, 2.45) is 0 Å². The smallest absolute Gasteiger partial charge is 0.0561 e. The van der Waals surface area contributed by atoms with Gasteiger partial charge in [-0.3, -0.25) is 4.98 Å². The molecule has 0 saturated carbocycles. The number of halogens is 1. The predicted molar refractivity (Wildman–Crippen MR) is 67.2 cm³/mol. The second-order valence-electron chi connectivity index (χ2n) is 4.25. The van der Waals surface area contributed by atoms with Gasteiger partial charge in [-0.15, -0.1) is 0 Å². The van der Waals surface area contributed by atoms with Gasteiger partial charge in [0.05, 0.1) is 11.8 Å². The summed E-state index contributed by atoms with van der Waals surface area (Å²) in [6.45, 7) is 3.84. The molecule has 0 aromatic carbocycles. The van der Waals surface area contributed by atoms with Crippen LogP contribution in [0.2, 0.25) is 0 Å². The molecular weight excluding hydrogens is 268 g/mol. The van der Waals surface area contributed by atoms with E-state index in [1.54, 1.807) is 0 Å². The number of hydrogen-bond acceptors (Lipinski definition) is 3. The second-order valence-corrected chi connectivity index (χ2v) is 5.17. The lowest BCUT2D eigenvalue weighted by Gasteiger charge is -2.27. The van der Waals surface area contributed by atoms with Crippen molar-refractivity contribution in [2.75, 3.05) is 6.61 Å². The Morgan fingerprint density at radius 2 is 2.44 bits per heavy atom. The van der Waals surface area contributed by atoms with Crippen molar-refractivity contribution in [3.05, 3.63) is 28.5 Å². The van der Waals surface area contributed by atoms with Crippen molar-refractivity contribution >= 4 is 15.9 Å². The Hall–Kier alpha value is -0.450. The van der Waals surface area contributed by atoms with E-state index in [2.05, 4.69) is 33.2 Å². The van der Waals surface area contributed by atoms with E-state index in [1.807, 2.05) is 18.3 Å². The normalized spacial score (nSPS) is 25.6. The first-order valence-corrected chi connectivity index (χ1v) is 6.49. The van der Waals surface area contributed by atoms with Gasteiger partial charge in [-0.05, 0) is 47.8 Å². The van der Waals surface area contributed by atoms with E-state index in [0.29, 0.717) is 12.1 Å². The topological polar surface area (TPSA) is 34.2 Å². The summed E-state index contributed by atoms with van der Waals surface area (Å²) in [6, 6.07) is 4.63. The van der Waals surface area contributed by atoms with Crippen molar-refractivity contribution in [1.29, 1.82) is 0 Å². The Morgan fingerprint density at radius 1 is 1.56 bits per heavy atom. The molecule has 0 aliphatic carbocycles. The van der Waals surface area contributed by atoms with Gasteiger partial charge in [0.1, 0.15) is 0 Å². The van der Waals surface area contributed by atoms with Crippen molar-refractivity contribution < 1.29 is 4.74 Å². The summed E-state index contributed by atoms with van der Waals surface area (Å²) in [6.07, 6.45) is 4.41. The van der Waals surface area contributed by atoms with Crippen molar-refractivity contribution in [2.45, 2.75) is 38.5 Å². The minimum atomic E-state index is 0.379. The number of hydrogen-bond donors (Lipinski definition) is 1. The summed E-state index contributed by atoms with van der Waals surface area (Å²) in [5.41, 5.74) is 1.09. The molecule has 0 radical (unpaired) electrons. The standard InChI is InChI=1S/C12H17BrN2O/c1-9-6-11(4-5-16-9)15-8-12-3-2-10(13)7-14-12/h2-3,7,9,11,15H,4-6,8H2,1H3. The van der Waals surface area contributed by atoms with Crippen LogP contribution in [0.3, 0.4) is 0 Å². The van der Waals surface area contributed by atoms with Crippen LogP contribution in [0.15, 0.2) is 22.8 Å². The lowest BCUT2D eigenvalue weighted by molar-refractivity contribution is 0.0130. The van der Waals surface area contributed by atoms with Gasteiger partial charge in [-0.2, -0.15) is 0 Å². The third-order valence-electron chi connectivity index (χ3n) is 2.85. The molecule has 0 spiro atoms. The van der Waals surface area contributed by atoms with Crippen LogP contribution >= 0.6 is 15.9 Å². The Kier molecular flexibility index (Phi) is 4.32. The quantitative estimate of drug-likeness (QED) is 0.926. The molecule has 0 bridgehead atoms. The number of pyridine rings is 1. The van der Waals surface area contributed by atoms with E-state index in [4.69, 9.17) is 4.74 Å². The van der Waals surface area contributed by atoms with Crippen LogP contribution in [-0.4, -0.2) is 23.7 Å². The molecule has 0 amide bonds. The Morgan fingerprint density at radius 3 is 3.12 bits per heavy atom. The van der Waals surface area contributed by atoms with E-state index in [1.165, 1.54) is 0 Å². The van der Waals surface area contributed by atoms with Gasteiger partial charge in [-0.1, -0.05) is 0 Å². The lowest BCUT2D eigenvalue weighted by Crippen LogP contribution is -2.37. The van der Waals surface area contributed by atoms with Crippen molar-refractivity contribution in [3.8, 4) is 0 Å². The van der Waals surface area contributed by atoms with Gasteiger partial charge in [0.2, 0.25) is 0 Å². The zero-order chi connectivity index (χ0) is 11.4. The van der Waals surface area contributed by atoms with E-state index < -0.39 is 0 Å². The largest absolute Gasteiger partial charge is 0.378 e. The van der Waals surface area contributed by atoms with Gasteiger partial charge in [0, 0.05) is 29.9 Å². The highest BCUT2D eigenvalue weighted by Gasteiger charge is 2.18. The number of aromatic nitrogens is 1. The molecular formula is C12H17BrN2O. The van der Waals surface area contributed by atoms with E-state index in [9.17, 15) is 0 Å². The van der Waals surface area contributed by atoms with E-state index >= 15 is 0 Å². The third-order valence-corrected chi connectivity index (χ3v) is 3.31. The molecule has 1 fully saturated rings. The SMILES string of the molecule is CC1CC(NCc2ccc(Br)cn2)CCO1. The first-order chi connectivity index (χ1) is 7.74. The zero-order valence-electron chi connectivity index (χ0n) is 9.45. The predicted octanol–water partition coefficient (Wildman–Crippen LogP) is 2.50. The number of ether oxygens (including phenoxy) is 1. The highest BCUT2D eigenvalue weighted by molar-refractivity contribution is 9.10. The van der Waals surface area contributed by atoms with Crippen LogP contribution in [0.25, 0.3) is 0 Å². The molecule has 2 unspecified atom stereocenters. The number of nitrogens with zero attached hydrogens (tertiary/aromatic N) is 1. The third kappa shape index (κ3) is 3.54. The molecule has 1 aromatic rings. The van der Waals surface area contributed by atoms with Crippen LogP contribution in [0.4, 0.5) is 0 Å². The van der Waals surface area contributed by atoms with Gasteiger partial charge in [0.15, 0.2) is 0 Å². The van der Waals surface area contributed by atoms with Gasteiger partial charge in [-0.25, -0.2) is 0 Å². The molecule has 88 valence electrons. The van der Waals surface area contributed by atoms with Gasteiger partial charge in [0.25, 0.3) is 0 Å². The fraction of sp³-hybridized carbons (Fsp3) is 0.583. The second kappa shape index (κ2) is 5.75. The van der Waals surface area contributed by atoms with Crippen molar-refractivity contribution in [3.63, 3.8) is 0 Å². The number of rotatable bonds is 3. The van der Waals surface area contributed by atoms with Crippen LogP contribution in [-0.2, 0) is 11.3 Å². The monoisotopic (exact) mass is 284 g/mol. The maximum absolute atomic E-state index is 5.51. The van der Waals surface area contributed by atoms with E-state index in [0.717, 1.165) is 36.2 Å². The summed E-state index contributed by atoms with van der Waals surface area (Å²) in [5.74, 6) is 0. The first-order valence-electron chi connectivity index (χ1n) is 5.69. The average molecular weight is 285 g/mol. The first kappa shape index (κ1) is 12.0. The van der Waals surface area contributed by atoms with Crippen LogP contribution < -0.4 is 5.32 Å². The Balaban J connectivity index is 1.80. The molecule has 1 aromatic heterocycles. The van der Waals surface area contributed by atoms with E-state index in [-0.39, 0.29) is 0 Å². The molecule has 4 heteroatoms. The minimum absolute atomic E-state index is 0.379. The van der Waals surface area contributed by atoms with Crippen LogP contribution in [0.1, 0.15) is 25.5 Å². The Labute approximate surface area is 105 Å². The molecule has 3 nitrogen and oxygen atoms in total. The van der Waals surface area contributed by atoms with Crippen molar-refractivity contribution in [1.82, 2.24) is 10.3 Å². The Bertz CT molecular complexity index is 328. The fourth-order valence-corrected chi connectivity index (χ4v) is 2.18. The molecule has 1 saturated heterocycles. The fourth-order valence-electron chi connectivity index (χ4n) is 1.94. The van der Waals surface area contributed by atoms with Crippen LogP contribution in [0, 0.1) is 0 Å². The van der Waals surface area contributed by atoms with Gasteiger partial charge < -0.3 is 10.1 Å². The molecule has 1 N–H and O–H groups in total. The van der Waals surface area contributed by atoms with Gasteiger partial charge >= 0.3 is 0 Å². The van der Waals surface area contributed by atoms with Crippen LogP contribution in [0.5, 0.6) is 0 Å². The maximum atomic E-state index is 5.51. The summed E-state index contributed by atoms with van der Waals surface area (Å²) in [4.78, 5) is 4.34. The molecule has 2 atom stereocenters. The summed E-state index contributed by atoms with van der Waals surface area (Å²) in [7, 11) is 0. The average Bonchev–Trinajstić information content (AvgIpc) is 2.28. The summed E-state index contributed by atoms with van der Waals surface area (Å²) < 4.78 is 6.54. The molecule has 2 heterocycles. The molecule has 16 heavy (non-hydrogen) atoms. The summed E-state index contributed by atoms with van der Waals surface area (Å²) in [5, 5.41) is 3.53. The number of nitrogens with one attached hydrogen (secondary N) is 1. The highest BCUT2D eigenvalue weighted by Crippen LogP contribution is 2.14. The molecule has 2 rings (SSSR count). The molecule has 1 aliphatic rings. The maximum Gasteiger partial charge on any atom is 0.0561 e. The highest BCUT2D eigenvalue weighted by atomic mass is 79.9. The lowest BCUT2D eigenvalue weighted by atomic mass is 10.0. The minimum Gasteiger partial charge on any atom is -0.378 e. The zero-order valence-corrected chi connectivity index (χ0v) is 11.0. The summed E-state index contributed by atoms with van der Waals surface area (Å²) >= 11 is 3.38. The molecule has 1 aliphatic heterocycles.